The van der Waals surface area contributed by atoms with Gasteiger partial charge in [0.25, 0.3) is 0 Å². The number of anilines is 1. The number of piperazine rings is 1. The van der Waals surface area contributed by atoms with Gasteiger partial charge < -0.3 is 10.2 Å². The quantitative estimate of drug-likeness (QED) is 0.864. The molecule has 1 saturated heterocycles. The number of hydrogen-bond donors (Lipinski definition) is 1. The van der Waals surface area contributed by atoms with Gasteiger partial charge in [-0.3, -0.25) is 4.90 Å². The molecule has 0 saturated carbocycles. The van der Waals surface area contributed by atoms with Crippen LogP contribution in [-0.2, 0) is 13.0 Å². The predicted molar refractivity (Wildman–Crippen MR) is 83.2 cm³/mol. The van der Waals surface area contributed by atoms with Gasteiger partial charge in [0.05, 0.1) is 5.69 Å². The maximum absolute atomic E-state index is 4.83. The Balaban J connectivity index is 1.99. The van der Waals surface area contributed by atoms with Crippen molar-refractivity contribution in [3.05, 3.63) is 10.6 Å². The summed E-state index contributed by atoms with van der Waals surface area (Å²) in [6.07, 6.45) is 2.28. The first kappa shape index (κ1) is 14.8. The molecule has 5 heteroatoms. The van der Waals surface area contributed by atoms with Crippen molar-refractivity contribution < 1.29 is 0 Å². The van der Waals surface area contributed by atoms with Crippen LogP contribution in [0.3, 0.4) is 0 Å². The summed E-state index contributed by atoms with van der Waals surface area (Å²) in [5.74, 6) is 0. The van der Waals surface area contributed by atoms with Crippen molar-refractivity contribution in [2.75, 3.05) is 44.7 Å². The van der Waals surface area contributed by atoms with Crippen molar-refractivity contribution in [1.29, 1.82) is 0 Å². The van der Waals surface area contributed by atoms with Crippen molar-refractivity contribution in [2.24, 2.45) is 0 Å². The molecule has 4 nitrogen and oxygen atoms in total. The highest BCUT2D eigenvalue weighted by atomic mass is 32.1. The molecule has 2 rings (SSSR count). The van der Waals surface area contributed by atoms with Crippen molar-refractivity contribution in [3.8, 4) is 0 Å². The molecule has 0 aromatic carbocycles. The summed E-state index contributed by atoms with van der Waals surface area (Å²) in [5.41, 5.74) is 1.27. The average Bonchev–Trinajstić information content (AvgIpc) is 2.84. The summed E-state index contributed by atoms with van der Waals surface area (Å²) in [7, 11) is 2.00. The minimum atomic E-state index is 0.941. The molecular weight excluding hydrogens is 256 g/mol. The van der Waals surface area contributed by atoms with E-state index >= 15 is 0 Å². The molecule has 1 aromatic heterocycles. The van der Waals surface area contributed by atoms with E-state index in [1.807, 2.05) is 18.4 Å². The van der Waals surface area contributed by atoms with Crippen molar-refractivity contribution in [2.45, 2.75) is 33.2 Å². The van der Waals surface area contributed by atoms with E-state index in [-0.39, 0.29) is 0 Å². The summed E-state index contributed by atoms with van der Waals surface area (Å²) in [4.78, 5) is 11.2. The number of nitrogens with one attached hydrogen (secondary N) is 1. The lowest BCUT2D eigenvalue weighted by Gasteiger charge is -2.34. The van der Waals surface area contributed by atoms with Gasteiger partial charge in [0, 0.05) is 37.6 Å². The Bertz CT molecular complexity index is 383. The highest BCUT2D eigenvalue weighted by molar-refractivity contribution is 7.15. The molecule has 0 unspecified atom stereocenters. The van der Waals surface area contributed by atoms with Gasteiger partial charge in [-0.05, 0) is 26.4 Å². The number of nitrogens with zero attached hydrogens (tertiary/aromatic N) is 3. The first-order valence-electron chi connectivity index (χ1n) is 7.39. The Morgan fingerprint density at radius 2 is 1.95 bits per heavy atom. The fourth-order valence-electron chi connectivity index (χ4n) is 2.56. The molecule has 0 atom stereocenters. The largest absolute Gasteiger partial charge is 0.346 e. The summed E-state index contributed by atoms with van der Waals surface area (Å²) < 4.78 is 0. The van der Waals surface area contributed by atoms with Gasteiger partial charge >= 0.3 is 0 Å². The molecule has 0 amide bonds. The maximum atomic E-state index is 4.83. The lowest BCUT2D eigenvalue weighted by molar-refractivity contribution is 0.258. The molecule has 1 aliphatic heterocycles. The molecular formula is C14H26N4S. The van der Waals surface area contributed by atoms with Gasteiger partial charge in [-0.15, -0.1) is 11.3 Å². The van der Waals surface area contributed by atoms with Crippen LogP contribution < -0.4 is 10.2 Å². The van der Waals surface area contributed by atoms with Crippen LogP contribution >= 0.6 is 11.3 Å². The van der Waals surface area contributed by atoms with Crippen molar-refractivity contribution >= 4 is 16.5 Å². The van der Waals surface area contributed by atoms with E-state index in [1.54, 1.807) is 0 Å². The lowest BCUT2D eigenvalue weighted by atomic mass is 10.3. The van der Waals surface area contributed by atoms with Gasteiger partial charge in [0.2, 0.25) is 0 Å². The molecule has 19 heavy (non-hydrogen) atoms. The molecule has 108 valence electrons. The minimum Gasteiger partial charge on any atom is -0.346 e. The third-order valence-corrected chi connectivity index (χ3v) is 4.78. The Kier molecular flexibility index (Phi) is 5.60. The summed E-state index contributed by atoms with van der Waals surface area (Å²) >= 11 is 1.86. The van der Waals surface area contributed by atoms with Crippen LogP contribution in [0.15, 0.2) is 0 Å². The van der Waals surface area contributed by atoms with Crippen LogP contribution in [0.5, 0.6) is 0 Å². The summed E-state index contributed by atoms with van der Waals surface area (Å²) in [6.45, 7) is 11.2. The molecule has 2 heterocycles. The fourth-order valence-corrected chi connectivity index (χ4v) is 3.77. The standard InChI is InChI=1S/C14H26N4S/c1-4-6-17-7-9-18(10-8-17)14-16-12(5-2)13(19-14)11-15-3/h15H,4-11H2,1-3H3. The predicted octanol–water partition coefficient (Wildman–Crippen LogP) is 1.96. The normalized spacial score (nSPS) is 17.1. The van der Waals surface area contributed by atoms with E-state index in [9.17, 15) is 0 Å². The average molecular weight is 282 g/mol. The Hall–Kier alpha value is -0.650. The van der Waals surface area contributed by atoms with Crippen LogP contribution in [0.1, 0.15) is 30.8 Å². The van der Waals surface area contributed by atoms with E-state index < -0.39 is 0 Å². The smallest absolute Gasteiger partial charge is 0.185 e. The van der Waals surface area contributed by atoms with E-state index in [2.05, 4.69) is 29.0 Å². The lowest BCUT2D eigenvalue weighted by Crippen LogP contribution is -2.46. The Labute approximate surface area is 120 Å². The second-order valence-electron chi connectivity index (χ2n) is 5.08. The van der Waals surface area contributed by atoms with Crippen LogP contribution in [0.4, 0.5) is 5.13 Å². The molecule has 1 aliphatic rings. The molecule has 0 bridgehead atoms. The molecule has 1 N–H and O–H groups in total. The highest BCUT2D eigenvalue weighted by Crippen LogP contribution is 2.27. The maximum Gasteiger partial charge on any atom is 0.185 e. The molecule has 0 aliphatic carbocycles. The number of aryl methyl sites for hydroxylation is 1. The second kappa shape index (κ2) is 7.22. The molecule has 0 spiro atoms. The number of rotatable bonds is 6. The van der Waals surface area contributed by atoms with Crippen molar-refractivity contribution in [3.63, 3.8) is 0 Å². The first-order valence-corrected chi connectivity index (χ1v) is 8.20. The first-order chi connectivity index (χ1) is 9.28. The third-order valence-electron chi connectivity index (χ3n) is 3.62. The molecule has 1 aromatic rings. The van der Waals surface area contributed by atoms with E-state index in [0.717, 1.165) is 26.1 Å². The van der Waals surface area contributed by atoms with Crippen LogP contribution in [0.25, 0.3) is 0 Å². The summed E-state index contributed by atoms with van der Waals surface area (Å²) in [6, 6.07) is 0. The zero-order valence-corrected chi connectivity index (χ0v) is 13.2. The fraction of sp³-hybridized carbons (Fsp3) is 0.786. The van der Waals surface area contributed by atoms with Crippen molar-refractivity contribution in [1.82, 2.24) is 15.2 Å². The Morgan fingerprint density at radius 3 is 2.53 bits per heavy atom. The second-order valence-corrected chi connectivity index (χ2v) is 6.14. The van der Waals surface area contributed by atoms with Gasteiger partial charge in [-0.1, -0.05) is 13.8 Å². The highest BCUT2D eigenvalue weighted by Gasteiger charge is 2.20. The van der Waals surface area contributed by atoms with Gasteiger partial charge in [-0.2, -0.15) is 0 Å². The zero-order chi connectivity index (χ0) is 13.7. The van der Waals surface area contributed by atoms with Crippen LogP contribution in [0, 0.1) is 0 Å². The van der Waals surface area contributed by atoms with Gasteiger partial charge in [0.15, 0.2) is 5.13 Å². The molecule has 1 fully saturated rings. The minimum absolute atomic E-state index is 0.941. The van der Waals surface area contributed by atoms with Gasteiger partial charge in [-0.25, -0.2) is 4.98 Å². The Morgan fingerprint density at radius 1 is 1.21 bits per heavy atom. The van der Waals surface area contributed by atoms with Gasteiger partial charge in [0.1, 0.15) is 0 Å². The molecule has 0 radical (unpaired) electrons. The van der Waals surface area contributed by atoms with E-state index in [4.69, 9.17) is 4.98 Å². The zero-order valence-electron chi connectivity index (χ0n) is 12.4. The van der Waals surface area contributed by atoms with Crippen LogP contribution in [-0.4, -0.2) is 49.7 Å². The third kappa shape index (κ3) is 3.68. The van der Waals surface area contributed by atoms with E-state index in [0.29, 0.717) is 0 Å². The SMILES string of the molecule is CCCN1CCN(c2nc(CC)c(CNC)s2)CC1. The van der Waals surface area contributed by atoms with Crippen LogP contribution in [0.2, 0.25) is 0 Å². The van der Waals surface area contributed by atoms with E-state index in [1.165, 1.54) is 41.8 Å². The monoisotopic (exact) mass is 282 g/mol. The number of hydrogen-bond acceptors (Lipinski definition) is 5. The summed E-state index contributed by atoms with van der Waals surface area (Å²) in [5, 5.41) is 4.46. The topological polar surface area (TPSA) is 31.4 Å². The number of thiazole rings is 1. The number of aromatic nitrogens is 1.